The van der Waals surface area contributed by atoms with Crippen molar-refractivity contribution in [1.82, 2.24) is 19.6 Å². The average Bonchev–Trinajstić information content (AvgIpc) is 3.34. The fraction of sp³-hybridized carbons (Fsp3) is 0.238. The zero-order valence-corrected chi connectivity index (χ0v) is 17.2. The van der Waals surface area contributed by atoms with E-state index in [1.54, 1.807) is 18.2 Å². The van der Waals surface area contributed by atoms with Crippen LogP contribution in [0.25, 0.3) is 5.65 Å². The molecule has 1 N–H and O–H groups in total. The van der Waals surface area contributed by atoms with Crippen molar-refractivity contribution in [2.24, 2.45) is 0 Å². The van der Waals surface area contributed by atoms with Gasteiger partial charge in [-0.2, -0.15) is 0 Å². The molecule has 3 aromatic heterocycles. The summed E-state index contributed by atoms with van der Waals surface area (Å²) in [5, 5.41) is 12.3. The van der Waals surface area contributed by atoms with Gasteiger partial charge in [-0.3, -0.25) is 10.1 Å². The molecule has 1 amide bonds. The van der Waals surface area contributed by atoms with E-state index in [2.05, 4.69) is 20.5 Å². The number of rotatable bonds is 6. The topological polar surface area (TPSA) is 81.4 Å². The van der Waals surface area contributed by atoms with E-state index in [0.717, 1.165) is 21.9 Å². The first-order chi connectivity index (χ1) is 14.0. The number of fused-ring (bicyclic) bond motifs is 1. The van der Waals surface area contributed by atoms with E-state index in [9.17, 15) is 4.79 Å². The van der Waals surface area contributed by atoms with Crippen LogP contribution < -0.4 is 10.1 Å². The molecule has 0 saturated carbocycles. The van der Waals surface area contributed by atoms with E-state index in [1.807, 2.05) is 55.8 Å². The van der Waals surface area contributed by atoms with E-state index >= 15 is 0 Å². The molecule has 0 bridgehead atoms. The SMILES string of the molecule is Cc1cccn2cc(COc3ccccc3C(=O)Nc3nnc(C(C)C)s3)nc12. The number of para-hydroxylation sites is 1. The Bertz CT molecular complexity index is 1160. The van der Waals surface area contributed by atoms with Crippen LogP contribution >= 0.6 is 11.3 Å². The van der Waals surface area contributed by atoms with Crippen LogP contribution in [0.15, 0.2) is 48.8 Å². The van der Waals surface area contributed by atoms with Gasteiger partial charge in [0.25, 0.3) is 5.91 Å². The molecular weight excluding hydrogens is 386 g/mol. The molecule has 0 atom stereocenters. The fourth-order valence-electron chi connectivity index (χ4n) is 2.89. The van der Waals surface area contributed by atoms with Gasteiger partial charge in [0.05, 0.1) is 11.3 Å². The van der Waals surface area contributed by atoms with E-state index in [4.69, 9.17) is 4.74 Å². The molecule has 0 unspecified atom stereocenters. The maximum Gasteiger partial charge on any atom is 0.261 e. The summed E-state index contributed by atoms with van der Waals surface area (Å²) >= 11 is 1.38. The van der Waals surface area contributed by atoms with Crippen molar-refractivity contribution < 1.29 is 9.53 Å². The van der Waals surface area contributed by atoms with Gasteiger partial charge in [-0.05, 0) is 30.7 Å². The number of carbonyl (C=O) groups excluding carboxylic acids is 1. The predicted octanol–water partition coefficient (Wildman–Crippen LogP) is 4.45. The van der Waals surface area contributed by atoms with Gasteiger partial charge in [-0.1, -0.05) is 43.4 Å². The number of nitrogens with zero attached hydrogens (tertiary/aromatic N) is 4. The molecule has 29 heavy (non-hydrogen) atoms. The maximum atomic E-state index is 12.7. The van der Waals surface area contributed by atoms with Crippen molar-refractivity contribution >= 4 is 28.0 Å². The first-order valence-electron chi connectivity index (χ1n) is 9.31. The van der Waals surface area contributed by atoms with Crippen LogP contribution in [-0.4, -0.2) is 25.5 Å². The number of hydrogen-bond donors (Lipinski definition) is 1. The third-order valence-electron chi connectivity index (χ3n) is 4.39. The Balaban J connectivity index is 1.49. The number of amides is 1. The smallest absolute Gasteiger partial charge is 0.261 e. The standard InChI is InChI=1S/C21H21N5O2S/c1-13(2)20-24-25-21(29-20)23-19(27)16-8-4-5-9-17(16)28-12-15-11-26-10-6-7-14(3)18(26)22-15/h4-11,13H,12H2,1-3H3,(H,23,25,27). The molecule has 8 heteroatoms. The van der Waals surface area contributed by atoms with Gasteiger partial charge in [0.15, 0.2) is 0 Å². The molecule has 3 heterocycles. The number of imidazole rings is 1. The molecule has 0 spiro atoms. The van der Waals surface area contributed by atoms with Gasteiger partial charge < -0.3 is 9.14 Å². The summed E-state index contributed by atoms with van der Waals surface area (Å²) in [7, 11) is 0. The van der Waals surface area contributed by atoms with Crippen molar-refractivity contribution in [3.8, 4) is 5.75 Å². The second kappa shape index (κ2) is 8.00. The minimum atomic E-state index is -0.280. The lowest BCUT2D eigenvalue weighted by Gasteiger charge is -2.09. The number of nitrogens with one attached hydrogen (secondary N) is 1. The molecule has 0 aliphatic heterocycles. The summed E-state index contributed by atoms with van der Waals surface area (Å²) in [6.45, 7) is 6.36. The maximum absolute atomic E-state index is 12.7. The second-order valence-corrected chi connectivity index (χ2v) is 8.00. The van der Waals surface area contributed by atoms with Gasteiger partial charge in [-0.25, -0.2) is 4.98 Å². The summed E-state index contributed by atoms with van der Waals surface area (Å²) in [6.07, 6.45) is 3.88. The van der Waals surface area contributed by atoms with Gasteiger partial charge in [-0.15, -0.1) is 10.2 Å². The number of pyridine rings is 1. The summed E-state index contributed by atoms with van der Waals surface area (Å²) in [5.41, 5.74) is 3.22. The van der Waals surface area contributed by atoms with Crippen molar-refractivity contribution in [3.05, 3.63) is 70.6 Å². The number of aromatic nitrogens is 4. The summed E-state index contributed by atoms with van der Waals surface area (Å²) < 4.78 is 7.89. The first kappa shape index (κ1) is 19.1. The third kappa shape index (κ3) is 4.12. The Kier molecular flexibility index (Phi) is 5.26. The van der Waals surface area contributed by atoms with Crippen molar-refractivity contribution in [1.29, 1.82) is 0 Å². The molecule has 7 nitrogen and oxygen atoms in total. The summed E-state index contributed by atoms with van der Waals surface area (Å²) in [6, 6.07) is 11.1. The zero-order chi connectivity index (χ0) is 20.4. The van der Waals surface area contributed by atoms with E-state index in [1.165, 1.54) is 11.3 Å². The second-order valence-electron chi connectivity index (χ2n) is 6.99. The van der Waals surface area contributed by atoms with Crippen molar-refractivity contribution in [2.75, 3.05) is 5.32 Å². The lowest BCUT2D eigenvalue weighted by atomic mass is 10.2. The number of ether oxygens (including phenoxy) is 1. The Morgan fingerprint density at radius 3 is 2.79 bits per heavy atom. The monoisotopic (exact) mass is 407 g/mol. The van der Waals surface area contributed by atoms with Crippen LogP contribution in [0, 0.1) is 6.92 Å². The molecule has 0 fully saturated rings. The van der Waals surface area contributed by atoms with Crippen LogP contribution in [-0.2, 0) is 6.61 Å². The highest BCUT2D eigenvalue weighted by atomic mass is 32.1. The Morgan fingerprint density at radius 1 is 1.21 bits per heavy atom. The molecule has 0 radical (unpaired) electrons. The van der Waals surface area contributed by atoms with Gasteiger partial charge >= 0.3 is 0 Å². The molecule has 0 aliphatic rings. The van der Waals surface area contributed by atoms with Gasteiger partial charge in [0.2, 0.25) is 5.13 Å². The van der Waals surface area contributed by atoms with E-state index in [0.29, 0.717) is 16.4 Å². The fourth-order valence-corrected chi connectivity index (χ4v) is 3.63. The quantitative estimate of drug-likeness (QED) is 0.511. The highest BCUT2D eigenvalue weighted by Crippen LogP contribution is 2.25. The Hall–Kier alpha value is -3.26. The first-order valence-corrected chi connectivity index (χ1v) is 10.1. The number of anilines is 1. The Morgan fingerprint density at radius 2 is 2.03 bits per heavy atom. The van der Waals surface area contributed by atoms with Gasteiger partial charge in [0, 0.05) is 18.3 Å². The lowest BCUT2D eigenvalue weighted by Crippen LogP contribution is -2.13. The van der Waals surface area contributed by atoms with Crippen LogP contribution in [0.4, 0.5) is 5.13 Å². The van der Waals surface area contributed by atoms with Crippen LogP contribution in [0.1, 0.15) is 46.4 Å². The molecule has 0 saturated heterocycles. The molecule has 1 aromatic carbocycles. The zero-order valence-electron chi connectivity index (χ0n) is 16.4. The normalized spacial score (nSPS) is 11.2. The van der Waals surface area contributed by atoms with Gasteiger partial charge in [0.1, 0.15) is 23.0 Å². The van der Waals surface area contributed by atoms with Crippen molar-refractivity contribution in [3.63, 3.8) is 0 Å². The number of hydrogen-bond acceptors (Lipinski definition) is 6. The van der Waals surface area contributed by atoms with Crippen LogP contribution in [0.2, 0.25) is 0 Å². The van der Waals surface area contributed by atoms with Crippen molar-refractivity contribution in [2.45, 2.75) is 33.3 Å². The summed E-state index contributed by atoms with van der Waals surface area (Å²) in [5.74, 6) is 0.480. The van der Waals surface area contributed by atoms with E-state index < -0.39 is 0 Å². The Labute approximate surface area is 172 Å². The average molecular weight is 407 g/mol. The van der Waals surface area contributed by atoms with Crippen LogP contribution in [0.3, 0.4) is 0 Å². The van der Waals surface area contributed by atoms with Crippen LogP contribution in [0.5, 0.6) is 5.75 Å². The number of carbonyl (C=O) groups is 1. The molecule has 148 valence electrons. The highest BCUT2D eigenvalue weighted by Gasteiger charge is 2.16. The minimum Gasteiger partial charge on any atom is -0.486 e. The molecular formula is C21H21N5O2S. The number of benzene rings is 1. The molecule has 4 rings (SSSR count). The summed E-state index contributed by atoms with van der Waals surface area (Å²) in [4.78, 5) is 17.3. The molecule has 0 aliphatic carbocycles. The predicted molar refractivity (Wildman–Crippen MR) is 113 cm³/mol. The number of aryl methyl sites for hydroxylation is 1. The lowest BCUT2D eigenvalue weighted by molar-refractivity contribution is 0.102. The minimum absolute atomic E-state index is 0.266. The van der Waals surface area contributed by atoms with E-state index in [-0.39, 0.29) is 18.4 Å². The third-order valence-corrected chi connectivity index (χ3v) is 5.53. The highest BCUT2D eigenvalue weighted by molar-refractivity contribution is 7.15. The largest absolute Gasteiger partial charge is 0.486 e. The molecule has 4 aromatic rings.